The molecule has 2 fully saturated rings. The molecule has 0 aromatic carbocycles. The highest BCUT2D eigenvalue weighted by Crippen LogP contribution is 2.18. The van der Waals surface area contributed by atoms with Crippen molar-refractivity contribution in [3.8, 4) is 0 Å². The first-order valence-corrected chi connectivity index (χ1v) is 8.36. The van der Waals surface area contributed by atoms with Gasteiger partial charge in [0.2, 0.25) is 5.91 Å². The van der Waals surface area contributed by atoms with E-state index in [1.54, 1.807) is 0 Å². The highest BCUT2D eigenvalue weighted by molar-refractivity contribution is 5.76. The number of hydrogen-bond donors (Lipinski definition) is 1. The van der Waals surface area contributed by atoms with Crippen LogP contribution in [-0.2, 0) is 4.79 Å². The molecule has 0 aliphatic carbocycles. The molecule has 1 amide bonds. The average molecular weight is 281 g/mol. The van der Waals surface area contributed by atoms with E-state index < -0.39 is 0 Å². The molecule has 2 aliphatic rings. The van der Waals surface area contributed by atoms with Crippen LogP contribution < -0.4 is 5.32 Å². The Bertz CT molecular complexity index is 292. The maximum Gasteiger partial charge on any atom is 0.222 e. The third-order valence-electron chi connectivity index (χ3n) is 4.57. The number of nitrogens with zero attached hydrogens (tertiary/aromatic N) is 2. The Balaban J connectivity index is 1.64. The van der Waals surface area contributed by atoms with Crippen LogP contribution in [0, 0.1) is 11.8 Å². The third kappa shape index (κ3) is 5.06. The van der Waals surface area contributed by atoms with Crippen molar-refractivity contribution in [3.05, 3.63) is 0 Å². The topological polar surface area (TPSA) is 35.6 Å². The molecule has 0 aromatic heterocycles. The van der Waals surface area contributed by atoms with Crippen molar-refractivity contribution in [3.63, 3.8) is 0 Å². The maximum absolute atomic E-state index is 12.3. The van der Waals surface area contributed by atoms with E-state index in [0.717, 1.165) is 70.5 Å². The first kappa shape index (κ1) is 15.8. The molecule has 20 heavy (non-hydrogen) atoms. The first-order chi connectivity index (χ1) is 9.65. The smallest absolute Gasteiger partial charge is 0.222 e. The standard InChI is InChI=1S/C16H31N3O/c1-14(2)13-18-9-11-19(12-10-18)16(20)4-3-15-5-7-17-8-6-15/h14-15,17H,3-13H2,1-2H3. The number of piperidine rings is 1. The average Bonchev–Trinajstić information content (AvgIpc) is 2.46. The van der Waals surface area contributed by atoms with Crippen LogP contribution in [-0.4, -0.2) is 61.5 Å². The summed E-state index contributed by atoms with van der Waals surface area (Å²) in [5, 5.41) is 3.39. The second kappa shape index (κ2) is 7.99. The van der Waals surface area contributed by atoms with Crippen LogP contribution in [0.15, 0.2) is 0 Å². The van der Waals surface area contributed by atoms with E-state index in [1.165, 1.54) is 12.8 Å². The zero-order valence-corrected chi connectivity index (χ0v) is 13.2. The second-order valence-corrected chi connectivity index (χ2v) is 6.81. The summed E-state index contributed by atoms with van der Waals surface area (Å²) in [6.45, 7) is 11.9. The molecule has 4 heteroatoms. The molecule has 0 atom stereocenters. The van der Waals surface area contributed by atoms with E-state index in [0.29, 0.717) is 5.91 Å². The van der Waals surface area contributed by atoms with Gasteiger partial charge in [0.05, 0.1) is 0 Å². The number of piperazine rings is 1. The summed E-state index contributed by atoms with van der Waals surface area (Å²) in [4.78, 5) is 16.8. The lowest BCUT2D eigenvalue weighted by Crippen LogP contribution is -2.49. The van der Waals surface area contributed by atoms with Gasteiger partial charge in [-0.1, -0.05) is 13.8 Å². The van der Waals surface area contributed by atoms with Crippen LogP contribution in [0.25, 0.3) is 0 Å². The van der Waals surface area contributed by atoms with Gasteiger partial charge < -0.3 is 10.2 Å². The minimum atomic E-state index is 0.382. The Kier molecular flexibility index (Phi) is 6.30. The molecule has 2 heterocycles. The van der Waals surface area contributed by atoms with Crippen LogP contribution >= 0.6 is 0 Å². The van der Waals surface area contributed by atoms with Gasteiger partial charge in [-0.25, -0.2) is 0 Å². The molecular weight excluding hydrogens is 250 g/mol. The molecule has 0 spiro atoms. The van der Waals surface area contributed by atoms with E-state index in [4.69, 9.17) is 0 Å². The highest BCUT2D eigenvalue weighted by Gasteiger charge is 2.22. The molecule has 0 unspecified atom stereocenters. The Morgan fingerprint density at radius 3 is 2.40 bits per heavy atom. The number of carbonyl (C=O) groups is 1. The van der Waals surface area contributed by atoms with Crippen molar-refractivity contribution in [1.29, 1.82) is 0 Å². The molecule has 0 bridgehead atoms. The lowest BCUT2D eigenvalue weighted by atomic mass is 9.93. The predicted molar refractivity (Wildman–Crippen MR) is 82.7 cm³/mol. The molecule has 2 aliphatic heterocycles. The van der Waals surface area contributed by atoms with Gasteiger partial charge in [0, 0.05) is 39.1 Å². The minimum Gasteiger partial charge on any atom is -0.340 e. The molecule has 116 valence electrons. The highest BCUT2D eigenvalue weighted by atomic mass is 16.2. The van der Waals surface area contributed by atoms with Crippen molar-refractivity contribution >= 4 is 5.91 Å². The number of carbonyl (C=O) groups excluding carboxylic acids is 1. The number of rotatable bonds is 5. The van der Waals surface area contributed by atoms with E-state index in [9.17, 15) is 4.79 Å². The monoisotopic (exact) mass is 281 g/mol. The number of hydrogen-bond acceptors (Lipinski definition) is 3. The van der Waals surface area contributed by atoms with E-state index in [-0.39, 0.29) is 0 Å². The summed E-state index contributed by atoms with van der Waals surface area (Å²) >= 11 is 0. The van der Waals surface area contributed by atoms with Gasteiger partial charge in [0.25, 0.3) is 0 Å². The van der Waals surface area contributed by atoms with Gasteiger partial charge >= 0.3 is 0 Å². The number of nitrogens with one attached hydrogen (secondary N) is 1. The lowest BCUT2D eigenvalue weighted by molar-refractivity contribution is -0.133. The van der Waals surface area contributed by atoms with Crippen LogP contribution in [0.3, 0.4) is 0 Å². The van der Waals surface area contributed by atoms with E-state index in [2.05, 4.69) is 29.0 Å². The van der Waals surface area contributed by atoms with Gasteiger partial charge in [-0.2, -0.15) is 0 Å². The molecule has 1 N–H and O–H groups in total. The van der Waals surface area contributed by atoms with Crippen LogP contribution in [0.1, 0.15) is 39.5 Å². The van der Waals surface area contributed by atoms with Crippen LogP contribution in [0.2, 0.25) is 0 Å². The molecule has 4 nitrogen and oxygen atoms in total. The Morgan fingerprint density at radius 1 is 1.15 bits per heavy atom. The van der Waals surface area contributed by atoms with Crippen molar-refractivity contribution < 1.29 is 4.79 Å². The fraction of sp³-hybridized carbons (Fsp3) is 0.938. The second-order valence-electron chi connectivity index (χ2n) is 6.81. The van der Waals surface area contributed by atoms with Crippen molar-refractivity contribution in [2.24, 2.45) is 11.8 Å². The number of amides is 1. The van der Waals surface area contributed by atoms with Gasteiger partial charge in [-0.15, -0.1) is 0 Å². The Labute approximate surface area is 123 Å². The van der Waals surface area contributed by atoms with Crippen molar-refractivity contribution in [2.45, 2.75) is 39.5 Å². The quantitative estimate of drug-likeness (QED) is 0.831. The molecule has 0 saturated carbocycles. The molecule has 0 aromatic rings. The minimum absolute atomic E-state index is 0.382. The van der Waals surface area contributed by atoms with E-state index in [1.807, 2.05) is 0 Å². The normalized spacial score (nSPS) is 22.4. The summed E-state index contributed by atoms with van der Waals surface area (Å²) < 4.78 is 0. The molecule has 0 radical (unpaired) electrons. The summed E-state index contributed by atoms with van der Waals surface area (Å²) in [5.41, 5.74) is 0. The van der Waals surface area contributed by atoms with Gasteiger partial charge in [0.1, 0.15) is 0 Å². The van der Waals surface area contributed by atoms with Crippen molar-refractivity contribution in [1.82, 2.24) is 15.1 Å². The lowest BCUT2D eigenvalue weighted by Gasteiger charge is -2.36. The van der Waals surface area contributed by atoms with Crippen LogP contribution in [0.5, 0.6) is 0 Å². The molecule has 2 saturated heterocycles. The van der Waals surface area contributed by atoms with Crippen molar-refractivity contribution in [2.75, 3.05) is 45.8 Å². The van der Waals surface area contributed by atoms with Gasteiger partial charge in [-0.3, -0.25) is 9.69 Å². The summed E-state index contributed by atoms with van der Waals surface area (Å²) in [7, 11) is 0. The summed E-state index contributed by atoms with van der Waals surface area (Å²) in [6.07, 6.45) is 4.34. The first-order valence-electron chi connectivity index (χ1n) is 8.36. The third-order valence-corrected chi connectivity index (χ3v) is 4.57. The largest absolute Gasteiger partial charge is 0.340 e. The van der Waals surface area contributed by atoms with Gasteiger partial charge in [-0.05, 0) is 44.2 Å². The molecular formula is C16H31N3O. The fourth-order valence-electron chi connectivity index (χ4n) is 3.35. The van der Waals surface area contributed by atoms with E-state index >= 15 is 0 Å². The maximum atomic E-state index is 12.3. The summed E-state index contributed by atoms with van der Waals surface area (Å²) in [6, 6.07) is 0. The Morgan fingerprint density at radius 2 is 1.80 bits per heavy atom. The fourth-order valence-corrected chi connectivity index (χ4v) is 3.35. The molecule has 2 rings (SSSR count). The predicted octanol–water partition coefficient (Wildman–Crippen LogP) is 1.57. The van der Waals surface area contributed by atoms with Gasteiger partial charge in [0.15, 0.2) is 0 Å². The van der Waals surface area contributed by atoms with Crippen LogP contribution in [0.4, 0.5) is 0 Å². The zero-order chi connectivity index (χ0) is 14.4. The Hall–Kier alpha value is -0.610. The zero-order valence-electron chi connectivity index (χ0n) is 13.2. The summed E-state index contributed by atoms with van der Waals surface area (Å²) in [5.74, 6) is 1.87. The SMILES string of the molecule is CC(C)CN1CCN(C(=O)CCC2CCNCC2)CC1.